The van der Waals surface area contributed by atoms with Crippen LogP contribution < -0.4 is 10.6 Å². The number of benzene rings is 1. The number of aromatic hydroxyl groups is 1. The maximum atomic E-state index is 10.3. The molecule has 0 bridgehead atoms. The molecule has 1 aromatic heterocycles. The zero-order valence-electron chi connectivity index (χ0n) is 14.7. The van der Waals surface area contributed by atoms with Crippen LogP contribution in [0.15, 0.2) is 29.4 Å². The number of rotatable bonds is 4. The molecule has 6 nitrogen and oxygen atoms in total. The number of aromatic nitrogens is 2. The van der Waals surface area contributed by atoms with E-state index in [0.717, 1.165) is 24.1 Å². The van der Waals surface area contributed by atoms with Crippen LogP contribution in [0.5, 0.6) is 5.75 Å². The minimum absolute atomic E-state index is 0. The van der Waals surface area contributed by atoms with Gasteiger partial charge in [0.15, 0.2) is 5.96 Å². The van der Waals surface area contributed by atoms with Gasteiger partial charge in [0, 0.05) is 32.4 Å². The average molecular weight is 455 g/mol. The van der Waals surface area contributed by atoms with E-state index in [2.05, 4.69) is 26.8 Å². The third kappa shape index (κ3) is 4.65. The van der Waals surface area contributed by atoms with Crippen LogP contribution in [0, 0.1) is 0 Å². The van der Waals surface area contributed by atoms with E-state index in [9.17, 15) is 5.11 Å². The standard InChI is InChI=1S/C18H25N5O.HI/c1-19-18(20-11-14-9-10-22-23(14)2)21-12-16-15-6-4-3-5-13(15)7-8-17(16)24;/h7-10,24H,3-6,11-12H2,1-2H3,(H2,19,20,21);1H. The lowest BCUT2D eigenvalue weighted by molar-refractivity contribution is 0.464. The first-order chi connectivity index (χ1) is 11.7. The Hall–Kier alpha value is -1.77. The van der Waals surface area contributed by atoms with Gasteiger partial charge in [-0.25, -0.2) is 0 Å². The molecule has 1 aliphatic rings. The first kappa shape index (κ1) is 19.6. The molecule has 2 aromatic rings. The highest BCUT2D eigenvalue weighted by Crippen LogP contribution is 2.30. The summed E-state index contributed by atoms with van der Waals surface area (Å²) in [6.07, 6.45) is 6.36. The number of nitrogens with zero attached hydrogens (tertiary/aromatic N) is 3. The summed E-state index contributed by atoms with van der Waals surface area (Å²) in [4.78, 5) is 4.26. The number of nitrogens with one attached hydrogen (secondary N) is 2. The van der Waals surface area contributed by atoms with Gasteiger partial charge in [-0.3, -0.25) is 9.67 Å². The molecule has 0 radical (unpaired) electrons. The molecule has 0 unspecified atom stereocenters. The fraction of sp³-hybridized carbons (Fsp3) is 0.444. The molecule has 0 spiro atoms. The van der Waals surface area contributed by atoms with Crippen molar-refractivity contribution >= 4 is 29.9 Å². The van der Waals surface area contributed by atoms with Crippen LogP contribution in [0.3, 0.4) is 0 Å². The summed E-state index contributed by atoms with van der Waals surface area (Å²) in [6, 6.07) is 5.84. The predicted octanol–water partition coefficient (Wildman–Crippen LogP) is 2.49. The lowest BCUT2D eigenvalue weighted by atomic mass is 9.88. The smallest absolute Gasteiger partial charge is 0.191 e. The molecule has 3 rings (SSSR count). The van der Waals surface area contributed by atoms with Gasteiger partial charge in [-0.05, 0) is 48.9 Å². The van der Waals surface area contributed by atoms with E-state index in [-0.39, 0.29) is 24.0 Å². The Morgan fingerprint density at radius 3 is 2.68 bits per heavy atom. The van der Waals surface area contributed by atoms with Gasteiger partial charge in [-0.15, -0.1) is 24.0 Å². The molecule has 0 fully saturated rings. The third-order valence-corrected chi connectivity index (χ3v) is 4.64. The second kappa shape index (κ2) is 9.07. The monoisotopic (exact) mass is 455 g/mol. The van der Waals surface area contributed by atoms with E-state index in [1.165, 1.54) is 24.0 Å². The van der Waals surface area contributed by atoms with Gasteiger partial charge in [0.25, 0.3) is 0 Å². The van der Waals surface area contributed by atoms with Crippen molar-refractivity contribution in [2.75, 3.05) is 7.05 Å². The van der Waals surface area contributed by atoms with Gasteiger partial charge in [0.1, 0.15) is 5.75 Å². The molecule has 1 aromatic carbocycles. The molecule has 0 saturated carbocycles. The third-order valence-electron chi connectivity index (χ3n) is 4.64. The summed E-state index contributed by atoms with van der Waals surface area (Å²) in [6.45, 7) is 1.22. The minimum atomic E-state index is 0. The van der Waals surface area contributed by atoms with E-state index >= 15 is 0 Å². The summed E-state index contributed by atoms with van der Waals surface area (Å²) in [5, 5.41) is 21.0. The van der Waals surface area contributed by atoms with E-state index in [1.807, 2.05) is 23.9 Å². The van der Waals surface area contributed by atoms with Crippen LogP contribution in [0.2, 0.25) is 0 Å². The number of aryl methyl sites for hydroxylation is 2. The number of hydrogen-bond acceptors (Lipinski definition) is 3. The molecule has 0 aliphatic heterocycles. The Labute approximate surface area is 165 Å². The number of phenolic OH excluding ortho intramolecular Hbond substituents is 1. The van der Waals surface area contributed by atoms with Crippen LogP contribution >= 0.6 is 24.0 Å². The van der Waals surface area contributed by atoms with Crippen molar-refractivity contribution in [3.05, 3.63) is 46.8 Å². The normalized spacial score (nSPS) is 13.8. The van der Waals surface area contributed by atoms with Crippen molar-refractivity contribution in [3.8, 4) is 5.75 Å². The van der Waals surface area contributed by atoms with Crippen LogP contribution in [0.25, 0.3) is 0 Å². The number of aliphatic imine (C=N–C) groups is 1. The number of fused-ring (bicyclic) bond motifs is 1. The van der Waals surface area contributed by atoms with E-state index < -0.39 is 0 Å². The van der Waals surface area contributed by atoms with Gasteiger partial charge < -0.3 is 15.7 Å². The van der Waals surface area contributed by atoms with Crippen molar-refractivity contribution in [3.63, 3.8) is 0 Å². The number of hydrogen-bond donors (Lipinski definition) is 3. The Kier molecular flexibility index (Phi) is 7.10. The van der Waals surface area contributed by atoms with Crippen LogP contribution in [0.4, 0.5) is 0 Å². The highest BCUT2D eigenvalue weighted by atomic mass is 127. The lowest BCUT2D eigenvalue weighted by Gasteiger charge is -2.21. The molecule has 1 aliphatic carbocycles. The summed E-state index contributed by atoms with van der Waals surface area (Å²) in [7, 11) is 3.67. The SMILES string of the molecule is CN=C(NCc1c(O)ccc2c1CCCC2)NCc1ccnn1C.I. The predicted molar refractivity (Wildman–Crippen MR) is 110 cm³/mol. The molecule has 3 N–H and O–H groups in total. The molecular formula is C18H26IN5O. The Bertz CT molecular complexity index is 741. The molecule has 0 amide bonds. The second-order valence-corrected chi connectivity index (χ2v) is 6.13. The van der Waals surface area contributed by atoms with Crippen LogP contribution in [-0.2, 0) is 33.0 Å². The highest BCUT2D eigenvalue weighted by molar-refractivity contribution is 14.0. The second-order valence-electron chi connectivity index (χ2n) is 6.13. The van der Waals surface area contributed by atoms with Gasteiger partial charge in [0.2, 0.25) is 0 Å². The summed E-state index contributed by atoms with van der Waals surface area (Å²) in [5.41, 5.74) is 4.75. The Morgan fingerprint density at radius 1 is 1.20 bits per heavy atom. The Balaban J connectivity index is 0.00000225. The molecule has 25 heavy (non-hydrogen) atoms. The number of guanidine groups is 1. The lowest BCUT2D eigenvalue weighted by Crippen LogP contribution is -2.37. The molecule has 0 atom stereocenters. The maximum absolute atomic E-state index is 10.3. The molecule has 1 heterocycles. The Morgan fingerprint density at radius 2 is 1.96 bits per heavy atom. The van der Waals surface area contributed by atoms with Crippen molar-refractivity contribution in [1.29, 1.82) is 0 Å². The van der Waals surface area contributed by atoms with Crippen molar-refractivity contribution in [2.24, 2.45) is 12.0 Å². The number of phenols is 1. The fourth-order valence-corrected chi connectivity index (χ4v) is 3.23. The minimum Gasteiger partial charge on any atom is -0.508 e. The average Bonchev–Trinajstić information content (AvgIpc) is 3.01. The van der Waals surface area contributed by atoms with Crippen LogP contribution in [0.1, 0.15) is 35.2 Å². The fourth-order valence-electron chi connectivity index (χ4n) is 3.23. The van der Waals surface area contributed by atoms with Crippen molar-refractivity contribution in [2.45, 2.75) is 38.8 Å². The topological polar surface area (TPSA) is 74.5 Å². The van der Waals surface area contributed by atoms with E-state index in [0.29, 0.717) is 24.8 Å². The summed E-state index contributed by atoms with van der Waals surface area (Å²) >= 11 is 0. The zero-order valence-corrected chi connectivity index (χ0v) is 17.1. The van der Waals surface area contributed by atoms with Gasteiger partial charge in [-0.2, -0.15) is 5.10 Å². The van der Waals surface area contributed by atoms with Crippen molar-refractivity contribution in [1.82, 2.24) is 20.4 Å². The molecule has 7 heteroatoms. The van der Waals surface area contributed by atoms with Crippen LogP contribution in [-0.4, -0.2) is 27.9 Å². The largest absolute Gasteiger partial charge is 0.508 e. The molecule has 0 saturated heterocycles. The first-order valence-electron chi connectivity index (χ1n) is 8.43. The number of halogens is 1. The van der Waals surface area contributed by atoms with Gasteiger partial charge in [-0.1, -0.05) is 6.07 Å². The van der Waals surface area contributed by atoms with Crippen molar-refractivity contribution < 1.29 is 5.11 Å². The zero-order chi connectivity index (χ0) is 16.9. The van der Waals surface area contributed by atoms with Gasteiger partial charge in [0.05, 0.1) is 12.2 Å². The van der Waals surface area contributed by atoms with E-state index in [4.69, 9.17) is 0 Å². The van der Waals surface area contributed by atoms with Gasteiger partial charge >= 0.3 is 0 Å². The molecule has 136 valence electrons. The molecular weight excluding hydrogens is 429 g/mol. The first-order valence-corrected chi connectivity index (χ1v) is 8.43. The highest BCUT2D eigenvalue weighted by Gasteiger charge is 2.16. The quantitative estimate of drug-likeness (QED) is 0.376. The van der Waals surface area contributed by atoms with E-state index in [1.54, 1.807) is 13.2 Å². The summed E-state index contributed by atoms with van der Waals surface area (Å²) < 4.78 is 1.83. The summed E-state index contributed by atoms with van der Waals surface area (Å²) in [5.74, 6) is 1.08. The maximum Gasteiger partial charge on any atom is 0.191 e.